The first-order valence-electron chi connectivity index (χ1n) is 4.36. The Morgan fingerprint density at radius 1 is 1.33 bits per heavy atom. The highest BCUT2D eigenvalue weighted by Crippen LogP contribution is 2.26. The maximum absolute atomic E-state index is 4.36. The highest BCUT2D eigenvalue weighted by Gasteiger charge is 2.24. The highest BCUT2D eigenvalue weighted by molar-refractivity contribution is 5.16. The van der Waals surface area contributed by atoms with E-state index in [0.717, 1.165) is 17.8 Å². The molecule has 1 rings (SSSR count). The molecule has 0 fully saturated rings. The van der Waals surface area contributed by atoms with Gasteiger partial charge in [0.05, 0.1) is 11.4 Å². The van der Waals surface area contributed by atoms with Crippen LogP contribution in [0, 0.1) is 6.92 Å². The van der Waals surface area contributed by atoms with Crippen molar-refractivity contribution in [1.29, 1.82) is 0 Å². The standard InChI is InChI=1S/C9H17N3/c1-6-9(3,4)8-7(2)10-12(5)11-8/h6H2,1-5H3. The maximum Gasteiger partial charge on any atom is 0.0912 e. The van der Waals surface area contributed by atoms with E-state index in [4.69, 9.17) is 0 Å². The molecule has 0 saturated heterocycles. The Labute approximate surface area is 73.8 Å². The molecule has 3 nitrogen and oxygen atoms in total. The van der Waals surface area contributed by atoms with Gasteiger partial charge >= 0.3 is 0 Å². The lowest BCUT2D eigenvalue weighted by Gasteiger charge is -2.19. The van der Waals surface area contributed by atoms with Gasteiger partial charge in [-0.25, -0.2) is 0 Å². The van der Waals surface area contributed by atoms with Gasteiger partial charge in [-0.3, -0.25) is 0 Å². The zero-order valence-electron chi connectivity index (χ0n) is 8.55. The van der Waals surface area contributed by atoms with Crippen molar-refractivity contribution in [3.63, 3.8) is 0 Å². The Balaban J connectivity index is 3.09. The largest absolute Gasteiger partial charge is 0.188 e. The Hall–Kier alpha value is -0.860. The van der Waals surface area contributed by atoms with Crippen molar-refractivity contribution in [3.8, 4) is 0 Å². The fourth-order valence-electron chi connectivity index (χ4n) is 1.30. The Kier molecular flexibility index (Phi) is 2.22. The van der Waals surface area contributed by atoms with Crippen molar-refractivity contribution < 1.29 is 0 Å². The monoisotopic (exact) mass is 167 g/mol. The van der Waals surface area contributed by atoms with E-state index in [1.54, 1.807) is 4.80 Å². The zero-order chi connectivity index (χ0) is 9.35. The van der Waals surface area contributed by atoms with E-state index in [9.17, 15) is 0 Å². The van der Waals surface area contributed by atoms with Crippen molar-refractivity contribution in [2.45, 2.75) is 39.5 Å². The van der Waals surface area contributed by atoms with E-state index >= 15 is 0 Å². The molecule has 0 atom stereocenters. The summed E-state index contributed by atoms with van der Waals surface area (Å²) in [5, 5.41) is 8.59. The van der Waals surface area contributed by atoms with Gasteiger partial charge in [-0.1, -0.05) is 20.8 Å². The molecule has 12 heavy (non-hydrogen) atoms. The number of nitrogens with zero attached hydrogens (tertiary/aromatic N) is 3. The molecule has 1 heterocycles. The van der Waals surface area contributed by atoms with Crippen molar-refractivity contribution in [2.24, 2.45) is 7.05 Å². The van der Waals surface area contributed by atoms with E-state index in [1.165, 1.54) is 0 Å². The van der Waals surface area contributed by atoms with Gasteiger partial charge in [0.25, 0.3) is 0 Å². The van der Waals surface area contributed by atoms with Crippen LogP contribution < -0.4 is 0 Å². The summed E-state index contributed by atoms with van der Waals surface area (Å²) in [6, 6.07) is 0. The molecule has 0 aliphatic heterocycles. The van der Waals surface area contributed by atoms with Crippen molar-refractivity contribution >= 4 is 0 Å². The van der Waals surface area contributed by atoms with Crippen LogP contribution in [0.1, 0.15) is 38.6 Å². The number of hydrogen-bond acceptors (Lipinski definition) is 2. The van der Waals surface area contributed by atoms with Crippen molar-refractivity contribution in [3.05, 3.63) is 11.4 Å². The van der Waals surface area contributed by atoms with E-state index in [0.29, 0.717) is 0 Å². The molecule has 0 saturated carbocycles. The number of hydrogen-bond donors (Lipinski definition) is 0. The molecular weight excluding hydrogens is 150 g/mol. The van der Waals surface area contributed by atoms with Crippen LogP contribution in [0.4, 0.5) is 0 Å². The molecule has 68 valence electrons. The minimum absolute atomic E-state index is 0.151. The van der Waals surface area contributed by atoms with Gasteiger partial charge < -0.3 is 0 Å². The van der Waals surface area contributed by atoms with Gasteiger partial charge in [-0.15, -0.1) is 0 Å². The molecule has 0 spiro atoms. The van der Waals surface area contributed by atoms with Crippen molar-refractivity contribution in [2.75, 3.05) is 0 Å². The van der Waals surface area contributed by atoms with E-state index in [1.807, 2.05) is 14.0 Å². The van der Waals surface area contributed by atoms with Gasteiger partial charge in [0.15, 0.2) is 0 Å². The number of aromatic nitrogens is 3. The predicted octanol–water partition coefficient (Wildman–Crippen LogP) is 1.81. The maximum atomic E-state index is 4.36. The van der Waals surface area contributed by atoms with Crippen LogP contribution in [-0.2, 0) is 12.5 Å². The minimum Gasteiger partial charge on any atom is -0.188 e. The second kappa shape index (κ2) is 2.88. The third-order valence-corrected chi connectivity index (χ3v) is 2.41. The Morgan fingerprint density at radius 3 is 2.25 bits per heavy atom. The van der Waals surface area contributed by atoms with Gasteiger partial charge in [0.1, 0.15) is 0 Å². The SMILES string of the molecule is CCC(C)(C)c1nn(C)nc1C. The van der Waals surface area contributed by atoms with Gasteiger partial charge in [0, 0.05) is 12.5 Å². The van der Waals surface area contributed by atoms with E-state index < -0.39 is 0 Å². The van der Waals surface area contributed by atoms with Crippen LogP contribution >= 0.6 is 0 Å². The van der Waals surface area contributed by atoms with Gasteiger partial charge in [0.2, 0.25) is 0 Å². The molecule has 1 aromatic heterocycles. The third-order valence-electron chi connectivity index (χ3n) is 2.41. The first kappa shape index (κ1) is 9.23. The molecule has 0 bridgehead atoms. The predicted molar refractivity (Wildman–Crippen MR) is 49.1 cm³/mol. The lowest BCUT2D eigenvalue weighted by atomic mass is 9.85. The van der Waals surface area contributed by atoms with Gasteiger partial charge in [-0.05, 0) is 13.3 Å². The van der Waals surface area contributed by atoms with Crippen LogP contribution in [0.25, 0.3) is 0 Å². The zero-order valence-corrected chi connectivity index (χ0v) is 8.55. The molecule has 0 radical (unpaired) electrons. The normalized spacial score (nSPS) is 12.1. The summed E-state index contributed by atoms with van der Waals surface area (Å²) in [4.78, 5) is 1.64. The molecule has 3 heteroatoms. The number of aryl methyl sites for hydroxylation is 2. The summed E-state index contributed by atoms with van der Waals surface area (Å²) in [7, 11) is 1.86. The fourth-order valence-corrected chi connectivity index (χ4v) is 1.30. The van der Waals surface area contributed by atoms with Crippen molar-refractivity contribution in [1.82, 2.24) is 15.0 Å². The van der Waals surface area contributed by atoms with E-state index in [-0.39, 0.29) is 5.41 Å². The Bertz CT molecular complexity index is 273. The lowest BCUT2D eigenvalue weighted by molar-refractivity contribution is 0.478. The summed E-state index contributed by atoms with van der Waals surface area (Å²) in [5.74, 6) is 0. The average Bonchev–Trinajstić information content (AvgIpc) is 2.31. The summed E-state index contributed by atoms with van der Waals surface area (Å²) in [5.41, 5.74) is 2.31. The highest BCUT2D eigenvalue weighted by atomic mass is 15.5. The van der Waals surface area contributed by atoms with Crippen LogP contribution in [0.15, 0.2) is 0 Å². The Morgan fingerprint density at radius 2 is 1.92 bits per heavy atom. The van der Waals surface area contributed by atoms with Crippen LogP contribution in [-0.4, -0.2) is 15.0 Å². The molecule has 0 aromatic carbocycles. The second-order valence-electron chi connectivity index (χ2n) is 3.86. The molecule has 0 unspecified atom stereocenters. The van der Waals surface area contributed by atoms with Crippen LogP contribution in [0.5, 0.6) is 0 Å². The second-order valence-corrected chi connectivity index (χ2v) is 3.86. The summed E-state index contributed by atoms with van der Waals surface area (Å²) in [6.45, 7) is 8.59. The first-order valence-corrected chi connectivity index (χ1v) is 4.36. The molecule has 0 N–H and O–H groups in total. The van der Waals surface area contributed by atoms with Crippen LogP contribution in [0.2, 0.25) is 0 Å². The fraction of sp³-hybridized carbons (Fsp3) is 0.778. The summed E-state index contributed by atoms with van der Waals surface area (Å²) in [6.07, 6.45) is 1.09. The first-order chi connectivity index (χ1) is 5.47. The summed E-state index contributed by atoms with van der Waals surface area (Å²) >= 11 is 0. The van der Waals surface area contributed by atoms with Gasteiger partial charge in [-0.2, -0.15) is 15.0 Å². The lowest BCUT2D eigenvalue weighted by Crippen LogP contribution is -2.17. The number of rotatable bonds is 2. The topological polar surface area (TPSA) is 30.7 Å². The average molecular weight is 167 g/mol. The molecule has 1 aromatic rings. The quantitative estimate of drug-likeness (QED) is 0.672. The molecule has 0 aliphatic rings. The minimum atomic E-state index is 0.151. The molecule has 0 amide bonds. The third kappa shape index (κ3) is 1.49. The van der Waals surface area contributed by atoms with E-state index in [2.05, 4.69) is 31.0 Å². The smallest absolute Gasteiger partial charge is 0.0912 e. The molecular formula is C9H17N3. The molecule has 0 aliphatic carbocycles. The van der Waals surface area contributed by atoms with Crippen LogP contribution in [0.3, 0.4) is 0 Å². The summed E-state index contributed by atoms with van der Waals surface area (Å²) < 4.78 is 0.